The highest BCUT2D eigenvalue weighted by Gasteiger charge is 2.00. The summed E-state index contributed by atoms with van der Waals surface area (Å²) < 4.78 is 0. The number of rotatable bonds is 3. The third-order valence-electron chi connectivity index (χ3n) is 1.96. The van der Waals surface area contributed by atoms with Gasteiger partial charge in [-0.05, 0) is 18.2 Å². The molecule has 0 saturated heterocycles. The van der Waals surface area contributed by atoms with Crippen LogP contribution in [0.25, 0.3) is 0 Å². The second-order valence-electron chi connectivity index (χ2n) is 3.06. The first-order valence-corrected chi connectivity index (χ1v) is 5.74. The topological polar surface area (TPSA) is 50.9 Å². The molecule has 0 aliphatic heterocycles. The van der Waals surface area contributed by atoms with E-state index in [-0.39, 0.29) is 0 Å². The fraction of sp³-hybridized carbons (Fsp3) is 0.100. The maximum absolute atomic E-state index is 5.80. The predicted octanol–water partition coefficient (Wildman–Crippen LogP) is 2.99. The van der Waals surface area contributed by atoms with E-state index in [2.05, 4.69) is 10.3 Å². The summed E-state index contributed by atoms with van der Waals surface area (Å²) in [4.78, 5) is 4.17. The van der Waals surface area contributed by atoms with Crippen molar-refractivity contribution in [1.82, 2.24) is 4.98 Å². The number of hydrogen-bond donors (Lipinski definition) is 2. The van der Waals surface area contributed by atoms with E-state index in [0.717, 1.165) is 11.4 Å². The summed E-state index contributed by atoms with van der Waals surface area (Å²) in [5.41, 5.74) is 10.1. The number of thiazole rings is 1. The lowest BCUT2D eigenvalue weighted by molar-refractivity contribution is 1.08. The maximum Gasteiger partial charge on any atom is 0.0795 e. The Hall–Kier alpha value is -1.26. The van der Waals surface area contributed by atoms with Crippen molar-refractivity contribution in [3.8, 4) is 0 Å². The Morgan fingerprint density at radius 1 is 1.47 bits per heavy atom. The molecule has 0 unspecified atom stereocenters. The first kappa shape index (κ1) is 10.3. The monoisotopic (exact) mass is 239 g/mol. The molecular formula is C10H10ClN3S. The standard InChI is InChI=1S/C10H10ClN3S/c11-7-1-2-10(9(12)3-7)13-4-8-5-15-6-14-8/h1-3,5-6,13H,4,12H2. The van der Waals surface area contributed by atoms with Crippen LogP contribution < -0.4 is 11.1 Å². The molecule has 0 amide bonds. The minimum absolute atomic E-state index is 0.645. The Kier molecular flexibility index (Phi) is 3.08. The van der Waals surface area contributed by atoms with E-state index in [1.807, 2.05) is 17.0 Å². The summed E-state index contributed by atoms with van der Waals surface area (Å²) in [5, 5.41) is 5.85. The second kappa shape index (κ2) is 4.51. The van der Waals surface area contributed by atoms with Crippen LogP contribution >= 0.6 is 22.9 Å². The highest BCUT2D eigenvalue weighted by Crippen LogP contribution is 2.23. The van der Waals surface area contributed by atoms with Gasteiger partial charge in [0.15, 0.2) is 0 Å². The summed E-state index contributed by atoms with van der Waals surface area (Å²) in [6, 6.07) is 5.40. The van der Waals surface area contributed by atoms with Crippen LogP contribution in [-0.4, -0.2) is 4.98 Å². The quantitative estimate of drug-likeness (QED) is 0.810. The molecule has 15 heavy (non-hydrogen) atoms. The molecule has 0 aliphatic carbocycles. The van der Waals surface area contributed by atoms with Crippen LogP contribution in [0.15, 0.2) is 29.1 Å². The molecule has 3 N–H and O–H groups in total. The summed E-state index contributed by atoms with van der Waals surface area (Å²) >= 11 is 7.38. The van der Waals surface area contributed by atoms with Gasteiger partial charge in [-0.15, -0.1) is 11.3 Å². The maximum atomic E-state index is 5.80. The van der Waals surface area contributed by atoms with Crippen molar-refractivity contribution >= 4 is 34.3 Å². The minimum Gasteiger partial charge on any atom is -0.397 e. The number of halogens is 1. The summed E-state index contributed by atoms with van der Waals surface area (Å²) in [7, 11) is 0. The van der Waals surface area contributed by atoms with Gasteiger partial charge in [0.05, 0.1) is 29.1 Å². The van der Waals surface area contributed by atoms with Gasteiger partial charge in [0.1, 0.15) is 0 Å². The van der Waals surface area contributed by atoms with Crippen molar-refractivity contribution in [3.63, 3.8) is 0 Å². The Balaban J connectivity index is 2.05. The van der Waals surface area contributed by atoms with Crippen LogP contribution in [0.5, 0.6) is 0 Å². The molecule has 0 radical (unpaired) electrons. The number of nitrogens with one attached hydrogen (secondary N) is 1. The molecule has 0 aliphatic rings. The summed E-state index contributed by atoms with van der Waals surface area (Å²) in [6.07, 6.45) is 0. The first-order chi connectivity index (χ1) is 7.25. The Morgan fingerprint density at radius 2 is 2.33 bits per heavy atom. The predicted molar refractivity (Wildman–Crippen MR) is 65.3 cm³/mol. The lowest BCUT2D eigenvalue weighted by Gasteiger charge is -2.07. The number of anilines is 2. The van der Waals surface area contributed by atoms with Crippen molar-refractivity contribution in [2.45, 2.75) is 6.54 Å². The van der Waals surface area contributed by atoms with E-state index >= 15 is 0 Å². The first-order valence-electron chi connectivity index (χ1n) is 4.41. The Labute approximate surface area is 96.9 Å². The van der Waals surface area contributed by atoms with E-state index in [9.17, 15) is 0 Å². The van der Waals surface area contributed by atoms with Crippen LogP contribution in [-0.2, 0) is 6.54 Å². The largest absolute Gasteiger partial charge is 0.397 e. The molecule has 2 aromatic rings. The average Bonchev–Trinajstić information content (AvgIpc) is 2.69. The number of nitrogen functional groups attached to an aromatic ring is 1. The zero-order valence-electron chi connectivity index (χ0n) is 7.90. The number of benzene rings is 1. The van der Waals surface area contributed by atoms with E-state index in [1.165, 1.54) is 0 Å². The van der Waals surface area contributed by atoms with Crippen molar-refractivity contribution in [2.75, 3.05) is 11.1 Å². The fourth-order valence-corrected chi connectivity index (χ4v) is 1.94. The number of hydrogen-bond acceptors (Lipinski definition) is 4. The van der Waals surface area contributed by atoms with Gasteiger partial charge in [-0.1, -0.05) is 11.6 Å². The van der Waals surface area contributed by atoms with Crippen LogP contribution in [0, 0.1) is 0 Å². The van der Waals surface area contributed by atoms with Gasteiger partial charge < -0.3 is 11.1 Å². The second-order valence-corrected chi connectivity index (χ2v) is 4.22. The Bertz CT molecular complexity index is 442. The van der Waals surface area contributed by atoms with Gasteiger partial charge in [0.2, 0.25) is 0 Å². The highest BCUT2D eigenvalue weighted by atomic mass is 35.5. The fourth-order valence-electron chi connectivity index (χ4n) is 1.21. The van der Waals surface area contributed by atoms with Crippen molar-refractivity contribution < 1.29 is 0 Å². The normalized spacial score (nSPS) is 10.2. The molecule has 1 heterocycles. The molecule has 0 bridgehead atoms. The van der Waals surface area contributed by atoms with Crippen molar-refractivity contribution in [3.05, 3.63) is 39.8 Å². The molecular weight excluding hydrogens is 230 g/mol. The lowest BCUT2D eigenvalue weighted by Crippen LogP contribution is -2.02. The van der Waals surface area contributed by atoms with Gasteiger partial charge in [0.25, 0.3) is 0 Å². The molecule has 1 aromatic heterocycles. The van der Waals surface area contributed by atoms with E-state index < -0.39 is 0 Å². The van der Waals surface area contributed by atoms with E-state index in [4.69, 9.17) is 17.3 Å². The summed E-state index contributed by atoms with van der Waals surface area (Å²) in [5.74, 6) is 0. The molecule has 0 fully saturated rings. The number of nitrogens with zero attached hydrogens (tertiary/aromatic N) is 1. The SMILES string of the molecule is Nc1cc(Cl)ccc1NCc1cscn1. The number of aromatic nitrogens is 1. The molecule has 1 aromatic carbocycles. The molecule has 0 spiro atoms. The zero-order valence-corrected chi connectivity index (χ0v) is 9.48. The van der Waals surface area contributed by atoms with Gasteiger partial charge in [-0.25, -0.2) is 4.98 Å². The summed E-state index contributed by atoms with van der Waals surface area (Å²) in [6.45, 7) is 0.676. The minimum atomic E-state index is 0.645. The van der Waals surface area contributed by atoms with Crippen LogP contribution in [0.1, 0.15) is 5.69 Å². The van der Waals surface area contributed by atoms with Gasteiger partial charge in [0, 0.05) is 10.4 Å². The lowest BCUT2D eigenvalue weighted by atomic mass is 10.2. The Morgan fingerprint density at radius 3 is 3.00 bits per heavy atom. The third-order valence-corrected chi connectivity index (χ3v) is 2.83. The van der Waals surface area contributed by atoms with Crippen molar-refractivity contribution in [1.29, 1.82) is 0 Å². The van der Waals surface area contributed by atoms with Gasteiger partial charge in [-0.3, -0.25) is 0 Å². The number of nitrogens with two attached hydrogens (primary N) is 1. The van der Waals surface area contributed by atoms with Gasteiger partial charge >= 0.3 is 0 Å². The van der Waals surface area contributed by atoms with Crippen LogP contribution in [0.3, 0.4) is 0 Å². The molecule has 5 heteroatoms. The smallest absolute Gasteiger partial charge is 0.0795 e. The molecule has 2 rings (SSSR count). The van der Waals surface area contributed by atoms with E-state index in [1.54, 1.807) is 23.5 Å². The molecule has 0 saturated carbocycles. The average molecular weight is 240 g/mol. The van der Waals surface area contributed by atoms with Crippen molar-refractivity contribution in [2.24, 2.45) is 0 Å². The van der Waals surface area contributed by atoms with Crippen LogP contribution in [0.4, 0.5) is 11.4 Å². The molecule has 0 atom stereocenters. The highest BCUT2D eigenvalue weighted by molar-refractivity contribution is 7.07. The van der Waals surface area contributed by atoms with Gasteiger partial charge in [-0.2, -0.15) is 0 Å². The zero-order chi connectivity index (χ0) is 10.7. The molecule has 3 nitrogen and oxygen atoms in total. The van der Waals surface area contributed by atoms with E-state index in [0.29, 0.717) is 17.3 Å². The molecule has 78 valence electrons. The van der Waals surface area contributed by atoms with Crippen LogP contribution in [0.2, 0.25) is 5.02 Å². The third kappa shape index (κ3) is 2.61.